The van der Waals surface area contributed by atoms with Gasteiger partial charge in [0.1, 0.15) is 6.04 Å². The fourth-order valence-corrected chi connectivity index (χ4v) is 1.69. The molecular weight excluding hydrogens is 228 g/mol. The summed E-state index contributed by atoms with van der Waals surface area (Å²) >= 11 is 0. The standard InChI is InChI=1S/C14H20N2O2/c1-3-5-9-16-12(10-15)11-7-6-8-13(14(11)17)18-4-2/h6-8,12,16-17H,3-5,9H2,1-2H3. The van der Waals surface area contributed by atoms with Crippen LogP contribution in [-0.4, -0.2) is 18.3 Å². The highest BCUT2D eigenvalue weighted by atomic mass is 16.5. The molecule has 0 aliphatic rings. The van der Waals surface area contributed by atoms with Crippen LogP contribution in [0.4, 0.5) is 0 Å². The van der Waals surface area contributed by atoms with E-state index in [1.54, 1.807) is 18.2 Å². The number of rotatable bonds is 7. The molecule has 0 spiro atoms. The van der Waals surface area contributed by atoms with Crippen LogP contribution in [0.5, 0.6) is 11.5 Å². The number of nitrogens with one attached hydrogen (secondary N) is 1. The van der Waals surface area contributed by atoms with Crippen LogP contribution in [0, 0.1) is 11.3 Å². The van der Waals surface area contributed by atoms with Crippen molar-refractivity contribution >= 4 is 0 Å². The maximum Gasteiger partial charge on any atom is 0.163 e. The average Bonchev–Trinajstić information content (AvgIpc) is 2.38. The highest BCUT2D eigenvalue weighted by molar-refractivity contribution is 5.48. The molecule has 0 radical (unpaired) electrons. The van der Waals surface area contributed by atoms with Gasteiger partial charge in [0.2, 0.25) is 0 Å². The van der Waals surface area contributed by atoms with Crippen LogP contribution in [0.25, 0.3) is 0 Å². The summed E-state index contributed by atoms with van der Waals surface area (Å²) in [4.78, 5) is 0. The molecule has 0 fully saturated rings. The third-order valence-corrected chi connectivity index (χ3v) is 2.65. The highest BCUT2D eigenvalue weighted by Crippen LogP contribution is 2.33. The van der Waals surface area contributed by atoms with Gasteiger partial charge in [-0.2, -0.15) is 5.26 Å². The largest absolute Gasteiger partial charge is 0.504 e. The van der Waals surface area contributed by atoms with E-state index in [1.807, 2.05) is 6.92 Å². The van der Waals surface area contributed by atoms with Crippen molar-refractivity contribution in [2.75, 3.05) is 13.2 Å². The number of phenols is 1. The Hall–Kier alpha value is -1.73. The van der Waals surface area contributed by atoms with Gasteiger partial charge in [-0.1, -0.05) is 25.5 Å². The predicted octanol–water partition coefficient (Wildman–Crippen LogP) is 2.75. The predicted molar refractivity (Wildman–Crippen MR) is 70.5 cm³/mol. The second-order valence-electron chi connectivity index (χ2n) is 4.00. The molecule has 1 rings (SSSR count). The van der Waals surface area contributed by atoms with E-state index < -0.39 is 6.04 Å². The van der Waals surface area contributed by atoms with Gasteiger partial charge in [-0.3, -0.25) is 5.32 Å². The Bertz CT molecular complexity index is 413. The number of unbranched alkanes of at least 4 members (excludes halogenated alkanes) is 1. The molecule has 4 heteroatoms. The van der Waals surface area contributed by atoms with Crippen molar-refractivity contribution in [2.24, 2.45) is 0 Å². The maximum absolute atomic E-state index is 10.1. The molecule has 1 atom stereocenters. The molecule has 98 valence electrons. The lowest BCUT2D eigenvalue weighted by Gasteiger charge is -2.15. The van der Waals surface area contributed by atoms with Crippen LogP contribution in [0.2, 0.25) is 0 Å². The Labute approximate surface area is 108 Å². The monoisotopic (exact) mass is 248 g/mol. The number of hydrogen-bond donors (Lipinski definition) is 2. The first-order valence-electron chi connectivity index (χ1n) is 6.32. The van der Waals surface area contributed by atoms with Gasteiger partial charge < -0.3 is 9.84 Å². The third kappa shape index (κ3) is 3.64. The van der Waals surface area contributed by atoms with E-state index in [1.165, 1.54) is 0 Å². The zero-order valence-electron chi connectivity index (χ0n) is 10.9. The summed E-state index contributed by atoms with van der Waals surface area (Å²) in [6.45, 7) is 5.19. The molecule has 0 amide bonds. The third-order valence-electron chi connectivity index (χ3n) is 2.65. The van der Waals surface area contributed by atoms with Crippen LogP contribution in [0.15, 0.2) is 18.2 Å². The van der Waals surface area contributed by atoms with Gasteiger partial charge in [-0.15, -0.1) is 0 Å². The summed E-state index contributed by atoms with van der Waals surface area (Å²) in [7, 11) is 0. The molecule has 0 aliphatic heterocycles. The van der Waals surface area contributed by atoms with E-state index in [4.69, 9.17) is 10.00 Å². The minimum atomic E-state index is -0.503. The van der Waals surface area contributed by atoms with E-state index in [9.17, 15) is 5.11 Å². The topological polar surface area (TPSA) is 65.3 Å². The van der Waals surface area contributed by atoms with Crippen molar-refractivity contribution in [3.63, 3.8) is 0 Å². The normalized spacial score (nSPS) is 11.8. The maximum atomic E-state index is 10.1. The van der Waals surface area contributed by atoms with Crippen LogP contribution >= 0.6 is 0 Å². The van der Waals surface area contributed by atoms with Gasteiger partial charge in [0, 0.05) is 5.56 Å². The van der Waals surface area contributed by atoms with Crippen molar-refractivity contribution in [1.29, 1.82) is 5.26 Å². The molecule has 1 aromatic carbocycles. The quantitative estimate of drug-likeness (QED) is 0.728. The molecule has 0 heterocycles. The van der Waals surface area contributed by atoms with E-state index in [0.29, 0.717) is 17.9 Å². The second kappa shape index (κ2) is 7.57. The fraction of sp³-hybridized carbons (Fsp3) is 0.500. The van der Waals surface area contributed by atoms with Gasteiger partial charge in [-0.25, -0.2) is 0 Å². The lowest BCUT2D eigenvalue weighted by molar-refractivity contribution is 0.315. The van der Waals surface area contributed by atoms with Crippen molar-refractivity contribution in [3.8, 4) is 17.6 Å². The Morgan fingerprint density at radius 2 is 2.22 bits per heavy atom. The number of para-hydroxylation sites is 1. The molecule has 4 nitrogen and oxygen atoms in total. The number of aromatic hydroxyl groups is 1. The lowest BCUT2D eigenvalue weighted by Crippen LogP contribution is -2.21. The van der Waals surface area contributed by atoms with E-state index in [0.717, 1.165) is 19.4 Å². The zero-order valence-corrected chi connectivity index (χ0v) is 10.9. The van der Waals surface area contributed by atoms with Crippen molar-refractivity contribution in [2.45, 2.75) is 32.7 Å². The van der Waals surface area contributed by atoms with Crippen molar-refractivity contribution in [3.05, 3.63) is 23.8 Å². The van der Waals surface area contributed by atoms with E-state index in [-0.39, 0.29) is 5.75 Å². The minimum absolute atomic E-state index is 0.0508. The highest BCUT2D eigenvalue weighted by Gasteiger charge is 2.16. The number of ether oxygens (including phenoxy) is 1. The number of hydrogen-bond acceptors (Lipinski definition) is 4. The van der Waals surface area contributed by atoms with Gasteiger partial charge in [0.25, 0.3) is 0 Å². The SMILES string of the molecule is CCCCNC(C#N)c1cccc(OCC)c1O. The minimum Gasteiger partial charge on any atom is -0.504 e. The van der Waals surface area contributed by atoms with Crippen molar-refractivity contribution in [1.82, 2.24) is 5.32 Å². The number of nitrogens with zero attached hydrogens (tertiary/aromatic N) is 1. The smallest absolute Gasteiger partial charge is 0.163 e. The summed E-state index contributed by atoms with van der Waals surface area (Å²) in [5.41, 5.74) is 0.569. The Morgan fingerprint density at radius 1 is 1.44 bits per heavy atom. The Kier molecular flexibility index (Phi) is 6.03. The van der Waals surface area contributed by atoms with Crippen LogP contribution < -0.4 is 10.1 Å². The Balaban J connectivity index is 2.85. The summed E-state index contributed by atoms with van der Waals surface area (Å²) in [6, 6.07) is 6.88. The first kappa shape index (κ1) is 14.3. The molecule has 0 aliphatic carbocycles. The first-order chi connectivity index (χ1) is 8.74. The van der Waals surface area contributed by atoms with Crippen molar-refractivity contribution < 1.29 is 9.84 Å². The zero-order chi connectivity index (χ0) is 13.4. The summed E-state index contributed by atoms with van der Waals surface area (Å²) in [5, 5.41) is 22.3. The fourth-order valence-electron chi connectivity index (χ4n) is 1.69. The Morgan fingerprint density at radius 3 is 2.83 bits per heavy atom. The molecule has 18 heavy (non-hydrogen) atoms. The average molecular weight is 248 g/mol. The van der Waals surface area contributed by atoms with Crippen LogP contribution in [-0.2, 0) is 0 Å². The molecule has 0 saturated carbocycles. The number of nitriles is 1. The lowest BCUT2D eigenvalue weighted by atomic mass is 10.1. The van der Waals surface area contributed by atoms with Gasteiger partial charge in [0.15, 0.2) is 11.5 Å². The second-order valence-corrected chi connectivity index (χ2v) is 4.00. The molecule has 1 aromatic rings. The van der Waals surface area contributed by atoms with E-state index >= 15 is 0 Å². The van der Waals surface area contributed by atoms with Crippen LogP contribution in [0.3, 0.4) is 0 Å². The number of benzene rings is 1. The molecule has 0 saturated heterocycles. The molecule has 0 bridgehead atoms. The van der Waals surface area contributed by atoms with Crippen LogP contribution in [0.1, 0.15) is 38.3 Å². The first-order valence-corrected chi connectivity index (χ1v) is 6.32. The summed E-state index contributed by atoms with van der Waals surface area (Å²) in [6.07, 6.45) is 2.07. The summed E-state index contributed by atoms with van der Waals surface area (Å²) < 4.78 is 5.31. The molecular formula is C14H20N2O2. The summed E-state index contributed by atoms with van der Waals surface area (Å²) in [5.74, 6) is 0.474. The van der Waals surface area contributed by atoms with Gasteiger partial charge >= 0.3 is 0 Å². The van der Waals surface area contributed by atoms with Gasteiger partial charge in [-0.05, 0) is 26.0 Å². The van der Waals surface area contributed by atoms with Gasteiger partial charge in [0.05, 0.1) is 12.7 Å². The molecule has 0 aromatic heterocycles. The molecule has 1 unspecified atom stereocenters. The van der Waals surface area contributed by atoms with E-state index in [2.05, 4.69) is 18.3 Å². The number of phenolic OH excluding ortho intramolecular Hbond substituents is 1. The molecule has 2 N–H and O–H groups in total.